The van der Waals surface area contributed by atoms with Gasteiger partial charge in [0.25, 0.3) is 0 Å². The molecule has 3 aliphatic rings. The minimum Gasteiger partial charge on any atom is -0.488 e. The quantitative estimate of drug-likeness (QED) is 0.0790. The Labute approximate surface area is 386 Å². The molecule has 5 aromatic rings. The zero-order chi connectivity index (χ0) is 44.0. The lowest BCUT2D eigenvalue weighted by molar-refractivity contribution is 0.0300. The van der Waals surface area contributed by atoms with Gasteiger partial charge >= 0.3 is 5.97 Å². The van der Waals surface area contributed by atoms with Crippen LogP contribution in [0.5, 0.6) is 11.5 Å². The van der Waals surface area contributed by atoms with E-state index in [0.717, 1.165) is 82.5 Å². The summed E-state index contributed by atoms with van der Waals surface area (Å²) >= 11 is 27.7. The van der Waals surface area contributed by atoms with Crippen LogP contribution in [0.1, 0.15) is 105 Å². The molecule has 6 nitrogen and oxygen atoms in total. The van der Waals surface area contributed by atoms with E-state index < -0.39 is 11.6 Å². The third kappa shape index (κ3) is 9.36. The Hall–Kier alpha value is -4.59. The van der Waals surface area contributed by atoms with Crippen LogP contribution in [0.3, 0.4) is 0 Å². The summed E-state index contributed by atoms with van der Waals surface area (Å²) in [5.74, 6) is 0.785. The van der Waals surface area contributed by atoms with Crippen molar-refractivity contribution in [3.8, 4) is 11.5 Å². The molecule has 0 amide bonds. The number of carbonyl (C=O) groups is 1. The van der Waals surface area contributed by atoms with Crippen LogP contribution in [0.25, 0.3) is 11.1 Å². The summed E-state index contributed by atoms with van der Waals surface area (Å²) in [6.07, 6.45) is 8.59. The van der Waals surface area contributed by atoms with Gasteiger partial charge in [-0.1, -0.05) is 94.9 Å². The number of nitrogens with zero attached hydrogens (tertiary/aromatic N) is 2. The third-order valence-electron chi connectivity index (χ3n) is 11.3. The Balaban J connectivity index is 1.39. The molecule has 0 spiro atoms. The lowest BCUT2D eigenvalue weighted by atomic mass is 9.83. The minimum atomic E-state index is -1.64. The maximum Gasteiger partial charge on any atom is 0.341 e. The Morgan fingerprint density at radius 2 is 0.871 bits per heavy atom. The van der Waals surface area contributed by atoms with Crippen LogP contribution >= 0.6 is 46.4 Å². The van der Waals surface area contributed by atoms with Crippen molar-refractivity contribution < 1.29 is 19.0 Å². The van der Waals surface area contributed by atoms with Crippen LogP contribution in [0.2, 0.25) is 20.1 Å². The highest BCUT2D eigenvalue weighted by atomic mass is 35.5. The molecule has 0 N–H and O–H groups in total. The van der Waals surface area contributed by atoms with E-state index in [1.165, 1.54) is 25.7 Å². The Morgan fingerprint density at radius 3 is 1.23 bits per heavy atom. The largest absolute Gasteiger partial charge is 0.488 e. The fourth-order valence-corrected chi connectivity index (χ4v) is 9.63. The van der Waals surface area contributed by atoms with Gasteiger partial charge in [-0.3, -0.25) is 0 Å². The van der Waals surface area contributed by atoms with E-state index >= 15 is 0 Å². The predicted octanol–water partition coefficient (Wildman–Crippen LogP) is 14.5. The summed E-state index contributed by atoms with van der Waals surface area (Å²) in [6.45, 7) is 16.2. The highest BCUT2D eigenvalue weighted by Gasteiger charge is 2.48. The van der Waals surface area contributed by atoms with Gasteiger partial charge < -0.3 is 24.0 Å². The number of anilines is 2. The molecule has 2 fully saturated rings. The van der Waals surface area contributed by atoms with Crippen molar-refractivity contribution in [2.24, 2.45) is 0 Å². The molecular weight excluding hydrogens is 858 g/mol. The van der Waals surface area contributed by atoms with Crippen molar-refractivity contribution in [3.63, 3.8) is 0 Å². The van der Waals surface area contributed by atoms with Crippen LogP contribution in [0.4, 0.5) is 11.4 Å². The van der Waals surface area contributed by atoms with Crippen LogP contribution < -0.4 is 19.3 Å². The van der Waals surface area contributed by atoms with Gasteiger partial charge in [-0.05, 0) is 161 Å². The molecule has 322 valence electrons. The van der Waals surface area contributed by atoms with E-state index in [1.54, 1.807) is 0 Å². The average Bonchev–Trinajstić information content (AvgIpc) is 4.03. The standard InChI is InChI=1S/C52H52Cl4N2O4/c1-50(2,3)60-39-23-15-35(16-24-39)41(33-11-19-37(20-12-33)57-27-7-8-28-57)31-52(44-43(49(59)62-52)45(53)47(55)48(56)46(44)54)32-42(36-17-25-40(26-18-36)61-51(4,5)6)34-13-21-38(22-14-34)58-29-9-10-30-58/h11-26,31-32H,7-10,27-30H2,1-6H3/b41-31-,42-32-. The first-order valence-corrected chi connectivity index (χ1v) is 22.8. The van der Waals surface area contributed by atoms with Crippen molar-refractivity contribution in [3.05, 3.63) is 163 Å². The molecule has 0 aromatic heterocycles. The maximum atomic E-state index is 14.4. The van der Waals surface area contributed by atoms with Gasteiger partial charge in [-0.2, -0.15) is 0 Å². The van der Waals surface area contributed by atoms with Gasteiger partial charge in [0.2, 0.25) is 0 Å². The van der Waals surface area contributed by atoms with E-state index in [1.807, 2.05) is 102 Å². The summed E-state index contributed by atoms with van der Waals surface area (Å²) in [4.78, 5) is 19.2. The van der Waals surface area contributed by atoms with Crippen LogP contribution in [-0.4, -0.2) is 43.4 Å². The summed E-state index contributed by atoms with van der Waals surface area (Å²) in [7, 11) is 0. The summed E-state index contributed by atoms with van der Waals surface area (Å²) in [5, 5.41) is 0.0638. The van der Waals surface area contributed by atoms with E-state index in [0.29, 0.717) is 5.56 Å². The molecule has 0 radical (unpaired) electrons. The van der Waals surface area contributed by atoms with Crippen LogP contribution in [-0.2, 0) is 10.3 Å². The molecule has 2 saturated heterocycles. The molecule has 8 rings (SSSR count). The van der Waals surface area contributed by atoms with Gasteiger partial charge in [0.05, 0.1) is 25.7 Å². The highest BCUT2D eigenvalue weighted by Crippen LogP contribution is 2.54. The molecule has 0 aliphatic carbocycles. The fourth-order valence-electron chi connectivity index (χ4n) is 8.55. The zero-order valence-corrected chi connectivity index (χ0v) is 39.1. The second kappa shape index (κ2) is 17.5. The van der Waals surface area contributed by atoms with Gasteiger partial charge in [0.15, 0.2) is 5.60 Å². The van der Waals surface area contributed by atoms with Gasteiger partial charge in [0, 0.05) is 43.1 Å². The number of fused-ring (bicyclic) bond motifs is 1. The number of ether oxygens (including phenoxy) is 3. The number of rotatable bonds is 10. The lowest BCUT2D eigenvalue weighted by Crippen LogP contribution is -2.23. The van der Waals surface area contributed by atoms with Crippen molar-refractivity contribution in [1.29, 1.82) is 0 Å². The topological polar surface area (TPSA) is 51.2 Å². The van der Waals surface area contributed by atoms with Crippen molar-refractivity contribution in [1.82, 2.24) is 0 Å². The highest BCUT2D eigenvalue weighted by molar-refractivity contribution is 6.53. The number of cyclic esters (lactones) is 1. The van der Waals surface area contributed by atoms with E-state index in [4.69, 9.17) is 60.6 Å². The van der Waals surface area contributed by atoms with E-state index in [2.05, 4.69) is 58.3 Å². The van der Waals surface area contributed by atoms with Crippen LogP contribution in [0.15, 0.2) is 109 Å². The van der Waals surface area contributed by atoms with Crippen LogP contribution in [0, 0.1) is 0 Å². The van der Waals surface area contributed by atoms with Crippen molar-refractivity contribution in [2.45, 2.75) is 84.0 Å². The first-order valence-electron chi connectivity index (χ1n) is 21.3. The number of hydrogen-bond acceptors (Lipinski definition) is 6. The minimum absolute atomic E-state index is 0.0166. The summed E-state index contributed by atoms with van der Waals surface area (Å²) in [6, 6.07) is 33.0. The van der Waals surface area contributed by atoms with Crippen molar-refractivity contribution >= 4 is 74.9 Å². The normalized spacial score (nSPS) is 16.8. The second-order valence-electron chi connectivity index (χ2n) is 18.3. The smallest absolute Gasteiger partial charge is 0.341 e. The molecule has 10 heteroatoms. The fraction of sp³-hybridized carbons (Fsp3) is 0.327. The second-order valence-corrected chi connectivity index (χ2v) is 19.8. The third-order valence-corrected chi connectivity index (χ3v) is 13.1. The van der Waals surface area contributed by atoms with Gasteiger partial charge in [-0.15, -0.1) is 0 Å². The molecule has 3 heterocycles. The Kier molecular flexibility index (Phi) is 12.4. The zero-order valence-electron chi connectivity index (χ0n) is 36.1. The molecular formula is C52H52Cl4N2O4. The van der Waals surface area contributed by atoms with Crippen molar-refractivity contribution in [2.75, 3.05) is 36.0 Å². The van der Waals surface area contributed by atoms with E-state index in [-0.39, 0.29) is 36.9 Å². The first kappa shape index (κ1) is 44.0. The number of carbonyl (C=O) groups excluding carboxylic acids is 1. The summed E-state index contributed by atoms with van der Waals surface area (Å²) in [5.41, 5.74) is 5.35. The van der Waals surface area contributed by atoms with E-state index in [9.17, 15) is 4.79 Å². The predicted molar refractivity (Wildman–Crippen MR) is 257 cm³/mol. The molecule has 3 aliphatic heterocycles. The number of esters is 1. The van der Waals surface area contributed by atoms with Gasteiger partial charge in [0.1, 0.15) is 22.7 Å². The SMILES string of the molecule is CC(C)(C)Oc1ccc(/C(=C\C2(/C=C(\c3ccc(OC(C)(C)C)cc3)c3ccc(N4CCCC4)cc3)OC(=O)c3c(Cl)c(Cl)c(Cl)c(Cl)c32)c2ccc(N3CCCC3)cc2)cc1. The molecule has 0 unspecified atom stereocenters. The number of halogens is 4. The first-order chi connectivity index (χ1) is 29.5. The Bertz CT molecular complexity index is 2370. The molecule has 62 heavy (non-hydrogen) atoms. The lowest BCUT2D eigenvalue weighted by Gasteiger charge is -2.28. The van der Waals surface area contributed by atoms with Gasteiger partial charge in [-0.25, -0.2) is 4.79 Å². The molecule has 5 aromatic carbocycles. The average molecular weight is 911 g/mol. The number of benzene rings is 5. The Morgan fingerprint density at radius 1 is 0.532 bits per heavy atom. The molecule has 0 saturated carbocycles. The molecule has 0 bridgehead atoms. The number of hydrogen-bond donors (Lipinski definition) is 0. The summed E-state index contributed by atoms with van der Waals surface area (Å²) < 4.78 is 19.2. The monoisotopic (exact) mass is 908 g/mol. The molecule has 0 atom stereocenters. The maximum absolute atomic E-state index is 14.4.